The van der Waals surface area contributed by atoms with Crippen molar-refractivity contribution in [2.75, 3.05) is 27.4 Å². The van der Waals surface area contributed by atoms with Crippen molar-refractivity contribution in [3.63, 3.8) is 0 Å². The van der Waals surface area contributed by atoms with Crippen LogP contribution in [-0.4, -0.2) is 43.1 Å². The van der Waals surface area contributed by atoms with Gasteiger partial charge in [-0.2, -0.15) is 0 Å². The summed E-state index contributed by atoms with van der Waals surface area (Å²) in [5, 5.41) is 11.0. The first-order valence-electron chi connectivity index (χ1n) is 13.4. The number of fused-ring (bicyclic) bond motifs is 1. The van der Waals surface area contributed by atoms with Crippen molar-refractivity contribution in [3.05, 3.63) is 57.6 Å². The molecule has 1 saturated carbocycles. The summed E-state index contributed by atoms with van der Waals surface area (Å²) in [5.74, 6) is 2.80. The molecule has 1 unspecified atom stereocenters. The monoisotopic (exact) mass is 510 g/mol. The quantitative estimate of drug-likeness (QED) is 0.283. The van der Waals surface area contributed by atoms with E-state index >= 15 is 0 Å². The van der Waals surface area contributed by atoms with E-state index in [0.717, 1.165) is 49.1 Å². The van der Waals surface area contributed by atoms with E-state index in [1.54, 1.807) is 26.4 Å². The van der Waals surface area contributed by atoms with Gasteiger partial charge in [0.1, 0.15) is 12.4 Å². The molecular weight excluding hydrogens is 472 g/mol. The van der Waals surface area contributed by atoms with Crippen LogP contribution in [0.25, 0.3) is 0 Å². The van der Waals surface area contributed by atoms with Crippen LogP contribution in [0.4, 0.5) is 5.69 Å². The van der Waals surface area contributed by atoms with Crippen molar-refractivity contribution >= 4 is 11.6 Å². The zero-order valence-electron chi connectivity index (χ0n) is 22.1. The number of hydrogen-bond acceptors (Lipinski definition) is 6. The Bertz CT molecular complexity index is 1080. The SMILES string of the molecule is CCCCC1CCC(C(=O)N2CCc3cc(OC)c(OC)cc3C2COc2ccc([N+](=O)[O-])cc2)CC1. The first-order chi connectivity index (χ1) is 17.9. The van der Waals surface area contributed by atoms with E-state index in [1.165, 1.54) is 31.4 Å². The predicted octanol–water partition coefficient (Wildman–Crippen LogP) is 6.11. The number of unbranched alkanes of at least 4 members (excludes halogenated alkanes) is 1. The highest BCUT2D eigenvalue weighted by atomic mass is 16.6. The number of non-ortho nitro benzene ring substituents is 1. The number of amides is 1. The Balaban J connectivity index is 1.55. The number of nitro groups is 1. The Kier molecular flexibility index (Phi) is 8.90. The second kappa shape index (κ2) is 12.3. The maximum atomic E-state index is 13.8. The molecule has 0 spiro atoms. The zero-order valence-corrected chi connectivity index (χ0v) is 22.1. The van der Waals surface area contributed by atoms with Gasteiger partial charge >= 0.3 is 0 Å². The summed E-state index contributed by atoms with van der Waals surface area (Å²) in [6, 6.07) is 9.72. The fourth-order valence-electron chi connectivity index (χ4n) is 5.74. The van der Waals surface area contributed by atoms with Crippen LogP contribution in [0.5, 0.6) is 17.2 Å². The molecule has 2 aromatic rings. The summed E-state index contributed by atoms with van der Waals surface area (Å²) in [6.45, 7) is 3.09. The van der Waals surface area contributed by atoms with E-state index in [-0.39, 0.29) is 30.2 Å². The number of ether oxygens (including phenoxy) is 3. The molecule has 8 nitrogen and oxygen atoms in total. The molecule has 2 aromatic carbocycles. The molecule has 37 heavy (non-hydrogen) atoms. The van der Waals surface area contributed by atoms with Crippen molar-refractivity contribution in [2.24, 2.45) is 11.8 Å². The topological polar surface area (TPSA) is 91.1 Å². The highest BCUT2D eigenvalue weighted by Crippen LogP contribution is 2.41. The third kappa shape index (κ3) is 6.17. The van der Waals surface area contributed by atoms with Crippen LogP contribution in [0, 0.1) is 22.0 Å². The predicted molar refractivity (Wildman–Crippen MR) is 141 cm³/mol. The lowest BCUT2D eigenvalue weighted by Crippen LogP contribution is -2.46. The van der Waals surface area contributed by atoms with E-state index in [4.69, 9.17) is 14.2 Å². The van der Waals surface area contributed by atoms with E-state index in [1.807, 2.05) is 17.0 Å². The van der Waals surface area contributed by atoms with Gasteiger partial charge in [0.25, 0.3) is 5.69 Å². The molecular formula is C29H38N2O6. The molecule has 1 aliphatic heterocycles. The molecule has 0 bridgehead atoms. The normalized spacial score (nSPS) is 21.2. The third-order valence-corrected chi connectivity index (χ3v) is 7.90. The van der Waals surface area contributed by atoms with Gasteiger partial charge < -0.3 is 19.1 Å². The lowest BCUT2D eigenvalue weighted by Gasteiger charge is -2.40. The largest absolute Gasteiger partial charge is 0.493 e. The summed E-state index contributed by atoms with van der Waals surface area (Å²) in [7, 11) is 3.23. The van der Waals surface area contributed by atoms with Gasteiger partial charge in [0.15, 0.2) is 11.5 Å². The second-order valence-corrected chi connectivity index (χ2v) is 10.1. The molecule has 0 saturated heterocycles. The third-order valence-electron chi connectivity index (χ3n) is 7.90. The fraction of sp³-hybridized carbons (Fsp3) is 0.552. The standard InChI is InChI=1S/C29H38N2O6/c1-4-5-6-20-7-9-21(10-8-20)29(32)30-16-15-22-17-27(35-2)28(36-3)18-25(22)26(30)19-37-24-13-11-23(12-14-24)31(33)34/h11-14,17-18,20-21,26H,4-10,15-16,19H2,1-3H3. The molecule has 1 amide bonds. The Morgan fingerprint density at radius 2 is 1.73 bits per heavy atom. The minimum Gasteiger partial charge on any atom is -0.493 e. The van der Waals surface area contributed by atoms with Crippen molar-refractivity contribution in [1.82, 2.24) is 4.90 Å². The van der Waals surface area contributed by atoms with Crippen molar-refractivity contribution < 1.29 is 23.9 Å². The molecule has 1 aliphatic carbocycles. The number of carbonyl (C=O) groups excluding carboxylic acids is 1. The van der Waals surface area contributed by atoms with E-state index < -0.39 is 4.92 Å². The number of benzene rings is 2. The number of carbonyl (C=O) groups is 1. The molecule has 0 aromatic heterocycles. The maximum absolute atomic E-state index is 13.8. The molecule has 1 atom stereocenters. The molecule has 1 fully saturated rings. The van der Waals surface area contributed by atoms with E-state index in [2.05, 4.69) is 6.92 Å². The van der Waals surface area contributed by atoms with Gasteiger partial charge in [-0.15, -0.1) is 0 Å². The number of nitro benzene ring substituents is 1. The minimum atomic E-state index is -0.432. The van der Waals surface area contributed by atoms with Gasteiger partial charge in [0, 0.05) is 24.6 Å². The first-order valence-corrected chi connectivity index (χ1v) is 13.4. The number of hydrogen-bond donors (Lipinski definition) is 0. The Morgan fingerprint density at radius 1 is 1.05 bits per heavy atom. The molecule has 0 N–H and O–H groups in total. The number of methoxy groups -OCH3 is 2. The Morgan fingerprint density at radius 3 is 2.35 bits per heavy atom. The summed E-state index contributed by atoms with van der Waals surface area (Å²) < 4.78 is 17.2. The van der Waals surface area contributed by atoms with Crippen LogP contribution < -0.4 is 14.2 Å². The van der Waals surface area contributed by atoms with Crippen LogP contribution in [0.1, 0.15) is 69.0 Å². The smallest absolute Gasteiger partial charge is 0.269 e. The van der Waals surface area contributed by atoms with Crippen LogP contribution in [0.2, 0.25) is 0 Å². The molecule has 0 radical (unpaired) electrons. The van der Waals surface area contributed by atoms with Gasteiger partial charge in [0.05, 0.1) is 25.2 Å². The summed E-state index contributed by atoms with van der Waals surface area (Å²) >= 11 is 0. The van der Waals surface area contributed by atoms with Crippen molar-refractivity contribution in [1.29, 1.82) is 0 Å². The Labute approximate surface area is 219 Å². The molecule has 1 heterocycles. The number of nitrogens with zero attached hydrogens (tertiary/aromatic N) is 2. The van der Waals surface area contributed by atoms with E-state index in [9.17, 15) is 14.9 Å². The van der Waals surface area contributed by atoms with Crippen LogP contribution in [-0.2, 0) is 11.2 Å². The fourth-order valence-corrected chi connectivity index (χ4v) is 5.74. The van der Waals surface area contributed by atoms with Crippen molar-refractivity contribution in [2.45, 2.75) is 64.3 Å². The van der Waals surface area contributed by atoms with E-state index in [0.29, 0.717) is 23.8 Å². The average molecular weight is 511 g/mol. The van der Waals surface area contributed by atoms with Crippen LogP contribution >= 0.6 is 0 Å². The molecule has 2 aliphatic rings. The number of rotatable bonds is 10. The summed E-state index contributed by atoms with van der Waals surface area (Å²) in [5.41, 5.74) is 2.12. The lowest BCUT2D eigenvalue weighted by atomic mass is 9.78. The highest BCUT2D eigenvalue weighted by Gasteiger charge is 2.37. The van der Waals surface area contributed by atoms with Crippen LogP contribution in [0.3, 0.4) is 0 Å². The van der Waals surface area contributed by atoms with Gasteiger partial charge in [-0.25, -0.2) is 0 Å². The second-order valence-electron chi connectivity index (χ2n) is 10.1. The van der Waals surface area contributed by atoms with Gasteiger partial charge in [-0.05, 0) is 73.4 Å². The summed E-state index contributed by atoms with van der Waals surface area (Å²) in [4.78, 5) is 26.4. The van der Waals surface area contributed by atoms with Crippen molar-refractivity contribution in [3.8, 4) is 17.2 Å². The van der Waals surface area contributed by atoms with Gasteiger partial charge in [0.2, 0.25) is 5.91 Å². The highest BCUT2D eigenvalue weighted by molar-refractivity contribution is 5.80. The minimum absolute atomic E-state index is 0.0125. The van der Waals surface area contributed by atoms with Gasteiger partial charge in [-0.1, -0.05) is 26.2 Å². The first kappa shape index (κ1) is 26.8. The summed E-state index contributed by atoms with van der Waals surface area (Å²) in [6.07, 6.45) is 8.61. The Hall–Kier alpha value is -3.29. The average Bonchev–Trinajstić information content (AvgIpc) is 2.94. The maximum Gasteiger partial charge on any atom is 0.269 e. The lowest BCUT2D eigenvalue weighted by molar-refractivity contribution is -0.384. The molecule has 200 valence electrons. The zero-order chi connectivity index (χ0) is 26.4. The van der Waals surface area contributed by atoms with Gasteiger partial charge in [-0.3, -0.25) is 14.9 Å². The molecule has 8 heteroatoms. The molecule has 4 rings (SSSR count). The van der Waals surface area contributed by atoms with Crippen LogP contribution in [0.15, 0.2) is 36.4 Å².